The maximum Gasteiger partial charge on any atom is 0.236 e. The van der Waals surface area contributed by atoms with E-state index >= 15 is 0 Å². The molecule has 1 amide bonds. The number of anilines is 1. The van der Waals surface area contributed by atoms with Gasteiger partial charge in [-0.3, -0.25) is 9.69 Å². The molecule has 0 aromatic carbocycles. The third-order valence-corrected chi connectivity index (χ3v) is 5.93. The van der Waals surface area contributed by atoms with Crippen molar-refractivity contribution in [3.8, 4) is 6.07 Å². The number of fused-ring (bicyclic) bond motifs is 1. The number of rotatable bonds is 3. The molecule has 1 aliphatic carbocycles. The third-order valence-electron chi connectivity index (χ3n) is 5.93. The summed E-state index contributed by atoms with van der Waals surface area (Å²) in [4.78, 5) is 23.2. The zero-order valence-electron chi connectivity index (χ0n) is 15.9. The van der Waals surface area contributed by atoms with E-state index in [0.717, 1.165) is 26.0 Å². The van der Waals surface area contributed by atoms with Crippen molar-refractivity contribution in [3.63, 3.8) is 0 Å². The van der Waals surface area contributed by atoms with Crippen LogP contribution in [0.5, 0.6) is 0 Å². The Labute approximate surface area is 159 Å². The Hall–Kier alpha value is -2.11. The van der Waals surface area contributed by atoms with Crippen molar-refractivity contribution in [3.05, 3.63) is 11.6 Å². The summed E-state index contributed by atoms with van der Waals surface area (Å²) in [5, 5.41) is 9.20. The van der Waals surface area contributed by atoms with E-state index in [-0.39, 0.29) is 5.91 Å². The van der Waals surface area contributed by atoms with Crippen molar-refractivity contribution < 1.29 is 13.9 Å². The number of oxazole rings is 1. The molecule has 8 heteroatoms. The van der Waals surface area contributed by atoms with E-state index in [1.165, 1.54) is 12.8 Å². The third kappa shape index (κ3) is 3.80. The summed E-state index contributed by atoms with van der Waals surface area (Å²) in [6.45, 7) is 6.39. The molecule has 1 aromatic rings. The molecule has 0 radical (unpaired) electrons. The monoisotopic (exact) mass is 373 g/mol. The molecule has 8 nitrogen and oxygen atoms in total. The van der Waals surface area contributed by atoms with Gasteiger partial charge in [0.1, 0.15) is 6.07 Å². The first-order valence-corrected chi connectivity index (χ1v) is 9.91. The van der Waals surface area contributed by atoms with Gasteiger partial charge >= 0.3 is 0 Å². The van der Waals surface area contributed by atoms with Crippen LogP contribution in [0.25, 0.3) is 0 Å². The molecule has 2 saturated heterocycles. The van der Waals surface area contributed by atoms with Crippen LogP contribution in [0.4, 0.5) is 5.88 Å². The highest BCUT2D eigenvalue weighted by Gasteiger charge is 2.36. The first kappa shape index (κ1) is 18.3. The van der Waals surface area contributed by atoms with E-state index in [1.54, 1.807) is 6.92 Å². The molecule has 1 saturated carbocycles. The van der Waals surface area contributed by atoms with Crippen LogP contribution in [0.15, 0.2) is 4.42 Å². The summed E-state index contributed by atoms with van der Waals surface area (Å²) >= 11 is 0. The molecule has 27 heavy (non-hydrogen) atoms. The molecule has 2 unspecified atom stereocenters. The first-order valence-electron chi connectivity index (χ1n) is 9.91. The van der Waals surface area contributed by atoms with Crippen molar-refractivity contribution >= 4 is 11.8 Å². The number of nitrogens with zero attached hydrogens (tertiary/aromatic N) is 5. The molecule has 1 aromatic heterocycles. The van der Waals surface area contributed by atoms with Crippen LogP contribution in [0.1, 0.15) is 37.3 Å². The van der Waals surface area contributed by atoms with Gasteiger partial charge in [-0.1, -0.05) is 12.8 Å². The summed E-state index contributed by atoms with van der Waals surface area (Å²) in [7, 11) is 0. The van der Waals surface area contributed by atoms with Crippen molar-refractivity contribution in [2.75, 3.05) is 50.8 Å². The summed E-state index contributed by atoms with van der Waals surface area (Å²) in [6, 6.07) is 2.48. The molecule has 146 valence electrons. The summed E-state index contributed by atoms with van der Waals surface area (Å²) in [5.41, 5.74) is 0.323. The summed E-state index contributed by atoms with van der Waals surface area (Å²) in [5.74, 6) is 1.21. The van der Waals surface area contributed by atoms with E-state index in [0.29, 0.717) is 62.3 Å². The van der Waals surface area contributed by atoms with Gasteiger partial charge in [0.05, 0.1) is 19.3 Å². The maximum atomic E-state index is 12.8. The number of carbonyl (C=O) groups excluding carboxylic acids is 1. The zero-order valence-corrected chi connectivity index (χ0v) is 15.9. The Morgan fingerprint density at radius 3 is 2.78 bits per heavy atom. The second kappa shape index (κ2) is 7.87. The number of ether oxygens (including phenoxy) is 1. The van der Waals surface area contributed by atoms with Gasteiger partial charge in [0, 0.05) is 45.7 Å². The van der Waals surface area contributed by atoms with Crippen molar-refractivity contribution in [1.29, 1.82) is 5.26 Å². The van der Waals surface area contributed by atoms with Crippen LogP contribution in [0.2, 0.25) is 0 Å². The molecule has 3 fully saturated rings. The first-order chi connectivity index (χ1) is 13.2. The summed E-state index contributed by atoms with van der Waals surface area (Å²) < 4.78 is 11.5. The minimum Gasteiger partial charge on any atom is -0.424 e. The van der Waals surface area contributed by atoms with E-state index in [4.69, 9.17) is 9.15 Å². The van der Waals surface area contributed by atoms with E-state index in [9.17, 15) is 10.1 Å². The lowest BCUT2D eigenvalue weighted by molar-refractivity contribution is -0.139. The standard InChI is InChI=1S/C19H27N5O3/c1-14-21-15(12-20)19(27-14)23-8-6-22(7-9-23)18(25)13-24-10-11-26-17-5-3-2-4-16(17)24/h16-17H,2-11,13H2,1H3. The number of hydrogen-bond donors (Lipinski definition) is 0. The number of nitriles is 1. The number of morpholine rings is 1. The van der Waals surface area contributed by atoms with Crippen LogP contribution in [-0.2, 0) is 9.53 Å². The Bertz CT molecular complexity index is 717. The largest absolute Gasteiger partial charge is 0.424 e. The van der Waals surface area contributed by atoms with Gasteiger partial charge < -0.3 is 19.0 Å². The maximum absolute atomic E-state index is 12.8. The molecule has 2 aliphatic heterocycles. The van der Waals surface area contributed by atoms with Crippen LogP contribution in [0.3, 0.4) is 0 Å². The molecular weight excluding hydrogens is 346 g/mol. The molecular formula is C19H27N5O3. The average molecular weight is 373 g/mol. The number of hydrogen-bond acceptors (Lipinski definition) is 7. The van der Waals surface area contributed by atoms with Crippen LogP contribution in [0, 0.1) is 18.3 Å². The number of carbonyl (C=O) groups is 1. The van der Waals surface area contributed by atoms with Crippen LogP contribution >= 0.6 is 0 Å². The van der Waals surface area contributed by atoms with E-state index in [1.807, 2.05) is 9.80 Å². The molecule has 0 spiro atoms. The highest BCUT2D eigenvalue weighted by Crippen LogP contribution is 2.28. The van der Waals surface area contributed by atoms with Crippen molar-refractivity contribution in [2.45, 2.75) is 44.8 Å². The fourth-order valence-corrected chi connectivity index (χ4v) is 4.51. The van der Waals surface area contributed by atoms with Gasteiger partial charge in [-0.15, -0.1) is 0 Å². The quantitative estimate of drug-likeness (QED) is 0.785. The molecule has 0 bridgehead atoms. The van der Waals surface area contributed by atoms with Crippen molar-refractivity contribution in [2.24, 2.45) is 0 Å². The Kier molecular flexibility index (Phi) is 5.32. The molecule has 2 atom stereocenters. The van der Waals surface area contributed by atoms with Crippen LogP contribution < -0.4 is 4.90 Å². The van der Waals surface area contributed by atoms with Gasteiger partial charge in [-0.2, -0.15) is 5.26 Å². The van der Waals surface area contributed by atoms with Crippen molar-refractivity contribution in [1.82, 2.24) is 14.8 Å². The number of amides is 1. The van der Waals surface area contributed by atoms with Gasteiger partial charge in [0.25, 0.3) is 0 Å². The van der Waals surface area contributed by atoms with E-state index < -0.39 is 0 Å². The van der Waals surface area contributed by atoms with Gasteiger partial charge in [-0.25, -0.2) is 4.98 Å². The second-order valence-electron chi connectivity index (χ2n) is 7.60. The lowest BCUT2D eigenvalue weighted by atomic mass is 9.90. The predicted molar refractivity (Wildman–Crippen MR) is 98.3 cm³/mol. The Balaban J connectivity index is 1.33. The van der Waals surface area contributed by atoms with Gasteiger partial charge in [-0.05, 0) is 12.8 Å². The Morgan fingerprint density at radius 2 is 2.00 bits per heavy atom. The lowest BCUT2D eigenvalue weighted by Crippen LogP contribution is -2.57. The van der Waals surface area contributed by atoms with Crippen LogP contribution in [-0.4, -0.2) is 78.7 Å². The van der Waals surface area contributed by atoms with E-state index in [2.05, 4.69) is 16.0 Å². The number of aryl methyl sites for hydroxylation is 1. The predicted octanol–water partition coefficient (Wildman–Crippen LogP) is 1.15. The SMILES string of the molecule is Cc1nc(C#N)c(N2CCN(C(=O)CN3CCOC4CCCCC43)CC2)o1. The second-order valence-corrected chi connectivity index (χ2v) is 7.60. The number of piperazine rings is 1. The normalized spacial score (nSPS) is 26.5. The smallest absolute Gasteiger partial charge is 0.236 e. The lowest BCUT2D eigenvalue weighted by Gasteiger charge is -2.44. The highest BCUT2D eigenvalue weighted by molar-refractivity contribution is 5.78. The molecule has 0 N–H and O–H groups in total. The Morgan fingerprint density at radius 1 is 1.22 bits per heavy atom. The minimum absolute atomic E-state index is 0.190. The highest BCUT2D eigenvalue weighted by atomic mass is 16.5. The molecule has 4 rings (SSSR count). The van der Waals surface area contributed by atoms with Gasteiger partial charge in [0.15, 0.2) is 5.89 Å². The topological polar surface area (TPSA) is 85.8 Å². The van der Waals surface area contributed by atoms with Gasteiger partial charge in [0.2, 0.25) is 17.5 Å². The average Bonchev–Trinajstić information content (AvgIpc) is 3.09. The zero-order chi connectivity index (χ0) is 18.8. The molecule has 3 aliphatic rings. The summed E-state index contributed by atoms with van der Waals surface area (Å²) in [6.07, 6.45) is 5.01. The minimum atomic E-state index is 0.190. The molecule has 3 heterocycles. The fourth-order valence-electron chi connectivity index (χ4n) is 4.51. The fraction of sp³-hybridized carbons (Fsp3) is 0.737. The number of aromatic nitrogens is 1.